The number of anilines is 1. The zero-order chi connectivity index (χ0) is 13.8. The van der Waals surface area contributed by atoms with Crippen molar-refractivity contribution >= 4 is 28.5 Å². The van der Waals surface area contributed by atoms with E-state index in [1.807, 2.05) is 0 Å². The number of carbonyl (C=O) groups excluding carboxylic acids is 1. The SMILES string of the molecule is Cc1nc(NC(=O)NC2CCCCC2)sc1C(=O)O. The third-order valence-corrected chi connectivity index (χ3v) is 4.21. The van der Waals surface area contributed by atoms with Gasteiger partial charge in [0.2, 0.25) is 0 Å². The molecule has 0 radical (unpaired) electrons. The highest BCUT2D eigenvalue weighted by atomic mass is 32.1. The maximum Gasteiger partial charge on any atom is 0.347 e. The van der Waals surface area contributed by atoms with Crippen molar-refractivity contribution in [1.82, 2.24) is 10.3 Å². The van der Waals surface area contributed by atoms with Gasteiger partial charge in [-0.3, -0.25) is 5.32 Å². The second-order valence-electron chi connectivity index (χ2n) is 4.67. The molecule has 19 heavy (non-hydrogen) atoms. The van der Waals surface area contributed by atoms with E-state index in [0.29, 0.717) is 10.8 Å². The van der Waals surface area contributed by atoms with Crippen molar-refractivity contribution in [2.24, 2.45) is 0 Å². The Morgan fingerprint density at radius 2 is 2.00 bits per heavy atom. The largest absolute Gasteiger partial charge is 0.477 e. The number of hydrogen-bond acceptors (Lipinski definition) is 4. The molecule has 1 aliphatic rings. The number of hydrogen-bond donors (Lipinski definition) is 3. The van der Waals surface area contributed by atoms with Gasteiger partial charge in [0.05, 0.1) is 5.69 Å². The molecular formula is C12H17N3O3S. The van der Waals surface area contributed by atoms with E-state index in [1.165, 1.54) is 6.42 Å². The number of thiazole rings is 1. The average molecular weight is 283 g/mol. The summed E-state index contributed by atoms with van der Waals surface area (Å²) in [5.41, 5.74) is 0.422. The summed E-state index contributed by atoms with van der Waals surface area (Å²) in [7, 11) is 0. The molecule has 1 aromatic heterocycles. The van der Waals surface area contributed by atoms with Crippen LogP contribution in [0.3, 0.4) is 0 Å². The molecule has 0 unspecified atom stereocenters. The van der Waals surface area contributed by atoms with Gasteiger partial charge in [-0.1, -0.05) is 30.6 Å². The first-order valence-corrected chi connectivity index (χ1v) is 7.16. The number of aromatic nitrogens is 1. The molecule has 7 heteroatoms. The number of aryl methyl sites for hydroxylation is 1. The summed E-state index contributed by atoms with van der Waals surface area (Å²) >= 11 is 0.975. The quantitative estimate of drug-likeness (QED) is 0.795. The number of carbonyl (C=O) groups is 2. The molecule has 0 aliphatic heterocycles. The Morgan fingerprint density at radius 1 is 1.32 bits per heavy atom. The van der Waals surface area contributed by atoms with Gasteiger partial charge in [0, 0.05) is 6.04 Å². The van der Waals surface area contributed by atoms with E-state index in [-0.39, 0.29) is 17.0 Å². The van der Waals surface area contributed by atoms with Crippen LogP contribution < -0.4 is 10.6 Å². The number of urea groups is 1. The van der Waals surface area contributed by atoms with Crippen LogP contribution in [0.5, 0.6) is 0 Å². The molecule has 0 spiro atoms. The Labute approximate surface area is 115 Å². The Bertz CT molecular complexity index is 481. The highest BCUT2D eigenvalue weighted by molar-refractivity contribution is 7.17. The lowest BCUT2D eigenvalue weighted by molar-refractivity contribution is 0.0701. The molecule has 0 atom stereocenters. The van der Waals surface area contributed by atoms with E-state index in [9.17, 15) is 9.59 Å². The number of carboxylic acid groups (broad SMARTS) is 1. The van der Waals surface area contributed by atoms with Crippen molar-refractivity contribution in [3.8, 4) is 0 Å². The maximum atomic E-state index is 11.8. The number of rotatable bonds is 3. The summed E-state index contributed by atoms with van der Waals surface area (Å²) < 4.78 is 0. The molecule has 1 aromatic rings. The molecule has 1 saturated carbocycles. The van der Waals surface area contributed by atoms with Gasteiger partial charge in [0.25, 0.3) is 0 Å². The lowest BCUT2D eigenvalue weighted by atomic mass is 9.96. The highest BCUT2D eigenvalue weighted by Gasteiger charge is 2.18. The number of carboxylic acids is 1. The van der Waals surface area contributed by atoms with Gasteiger partial charge in [-0.05, 0) is 19.8 Å². The summed E-state index contributed by atoms with van der Waals surface area (Å²) in [4.78, 5) is 26.8. The van der Waals surface area contributed by atoms with Gasteiger partial charge < -0.3 is 10.4 Å². The predicted molar refractivity (Wildman–Crippen MR) is 72.8 cm³/mol. The highest BCUT2D eigenvalue weighted by Crippen LogP contribution is 2.22. The normalized spacial score (nSPS) is 16.1. The minimum atomic E-state index is -1.02. The molecule has 0 aromatic carbocycles. The molecular weight excluding hydrogens is 266 g/mol. The first-order chi connectivity index (χ1) is 9.06. The van der Waals surface area contributed by atoms with Crippen LogP contribution in [0.15, 0.2) is 0 Å². The number of aromatic carboxylic acids is 1. The summed E-state index contributed by atoms with van der Waals surface area (Å²) in [6.07, 6.45) is 5.53. The van der Waals surface area contributed by atoms with Gasteiger partial charge in [-0.2, -0.15) is 0 Å². The molecule has 1 aliphatic carbocycles. The van der Waals surface area contributed by atoms with E-state index in [0.717, 1.165) is 37.0 Å². The summed E-state index contributed by atoms with van der Waals surface area (Å²) in [6.45, 7) is 1.62. The van der Waals surface area contributed by atoms with Gasteiger partial charge in [0.15, 0.2) is 5.13 Å². The summed E-state index contributed by atoms with van der Waals surface area (Å²) in [6, 6.07) is -0.0913. The Morgan fingerprint density at radius 3 is 2.58 bits per heavy atom. The number of amides is 2. The minimum absolute atomic E-state index is 0.160. The van der Waals surface area contributed by atoms with E-state index in [2.05, 4.69) is 15.6 Å². The van der Waals surface area contributed by atoms with Gasteiger partial charge in [-0.15, -0.1) is 0 Å². The maximum absolute atomic E-state index is 11.8. The van der Waals surface area contributed by atoms with Crippen LogP contribution in [0, 0.1) is 6.92 Å². The Kier molecular flexibility index (Phi) is 4.36. The second-order valence-corrected chi connectivity index (χ2v) is 5.67. The van der Waals surface area contributed by atoms with Crippen LogP contribution in [0.1, 0.15) is 47.5 Å². The van der Waals surface area contributed by atoms with Crippen LogP contribution in [0.2, 0.25) is 0 Å². The van der Waals surface area contributed by atoms with Crippen LogP contribution in [-0.2, 0) is 0 Å². The van der Waals surface area contributed by atoms with Gasteiger partial charge >= 0.3 is 12.0 Å². The lowest BCUT2D eigenvalue weighted by Gasteiger charge is -2.22. The van der Waals surface area contributed by atoms with Crippen molar-refractivity contribution in [1.29, 1.82) is 0 Å². The van der Waals surface area contributed by atoms with Gasteiger partial charge in [-0.25, -0.2) is 14.6 Å². The molecule has 2 rings (SSSR count). The zero-order valence-electron chi connectivity index (χ0n) is 10.7. The molecule has 0 saturated heterocycles. The number of nitrogens with one attached hydrogen (secondary N) is 2. The molecule has 104 valence electrons. The van der Waals surface area contributed by atoms with E-state index < -0.39 is 5.97 Å². The van der Waals surface area contributed by atoms with Crippen molar-refractivity contribution in [2.75, 3.05) is 5.32 Å². The molecule has 6 nitrogen and oxygen atoms in total. The van der Waals surface area contributed by atoms with Crippen molar-refractivity contribution in [3.63, 3.8) is 0 Å². The van der Waals surface area contributed by atoms with Crippen LogP contribution >= 0.6 is 11.3 Å². The van der Waals surface area contributed by atoms with E-state index in [4.69, 9.17) is 5.11 Å². The number of nitrogens with zero attached hydrogens (tertiary/aromatic N) is 1. The first kappa shape index (κ1) is 13.8. The zero-order valence-corrected chi connectivity index (χ0v) is 11.5. The van der Waals surface area contributed by atoms with Crippen molar-refractivity contribution in [3.05, 3.63) is 10.6 Å². The first-order valence-electron chi connectivity index (χ1n) is 6.34. The fourth-order valence-corrected chi connectivity index (χ4v) is 3.01. The third kappa shape index (κ3) is 3.66. The molecule has 3 N–H and O–H groups in total. The Balaban J connectivity index is 1.91. The predicted octanol–water partition coefficient (Wildman–Crippen LogP) is 2.60. The van der Waals surface area contributed by atoms with Gasteiger partial charge in [0.1, 0.15) is 4.88 Å². The van der Waals surface area contributed by atoms with Crippen LogP contribution in [-0.4, -0.2) is 28.1 Å². The third-order valence-electron chi connectivity index (χ3n) is 3.15. The monoisotopic (exact) mass is 283 g/mol. The minimum Gasteiger partial charge on any atom is -0.477 e. The fourth-order valence-electron chi connectivity index (χ4n) is 2.21. The van der Waals surface area contributed by atoms with Crippen molar-refractivity contribution < 1.29 is 14.7 Å². The van der Waals surface area contributed by atoms with Crippen molar-refractivity contribution in [2.45, 2.75) is 45.1 Å². The van der Waals surface area contributed by atoms with Crippen LogP contribution in [0.25, 0.3) is 0 Å². The Hall–Kier alpha value is -1.63. The van der Waals surface area contributed by atoms with Crippen LogP contribution in [0.4, 0.5) is 9.93 Å². The van der Waals surface area contributed by atoms with E-state index in [1.54, 1.807) is 6.92 Å². The molecule has 1 heterocycles. The second kappa shape index (κ2) is 6.01. The standard InChI is InChI=1S/C12H17N3O3S/c1-7-9(10(16)17)19-12(13-7)15-11(18)14-8-5-3-2-4-6-8/h8H,2-6H2,1H3,(H,16,17)(H2,13,14,15,18). The summed E-state index contributed by atoms with van der Waals surface area (Å²) in [5, 5.41) is 14.7. The average Bonchev–Trinajstić information content (AvgIpc) is 2.71. The topological polar surface area (TPSA) is 91.3 Å². The molecule has 1 fully saturated rings. The lowest BCUT2D eigenvalue weighted by Crippen LogP contribution is -2.38. The molecule has 0 bridgehead atoms. The fraction of sp³-hybridized carbons (Fsp3) is 0.583. The smallest absolute Gasteiger partial charge is 0.347 e. The van der Waals surface area contributed by atoms with E-state index >= 15 is 0 Å². The summed E-state index contributed by atoms with van der Waals surface area (Å²) in [5.74, 6) is -1.02. The molecule has 2 amide bonds.